The average molecular weight is 466 g/mol. The average Bonchev–Trinajstić information content (AvgIpc) is 3.33. The normalized spacial score (nSPS) is 16.5. The monoisotopic (exact) mass is 465 g/mol. The fourth-order valence-corrected chi connectivity index (χ4v) is 5.10. The fraction of sp³-hybridized carbons (Fsp3) is 0.320. The van der Waals surface area contributed by atoms with E-state index >= 15 is 0 Å². The van der Waals surface area contributed by atoms with E-state index in [9.17, 15) is 14.4 Å². The summed E-state index contributed by atoms with van der Waals surface area (Å²) in [5.41, 5.74) is 3.51. The van der Waals surface area contributed by atoms with Crippen molar-refractivity contribution in [3.63, 3.8) is 0 Å². The second-order valence-electron chi connectivity index (χ2n) is 8.03. The summed E-state index contributed by atoms with van der Waals surface area (Å²) in [5, 5.41) is 6.35. The summed E-state index contributed by atoms with van der Waals surface area (Å²) in [6.45, 7) is 1.11. The zero-order valence-corrected chi connectivity index (χ0v) is 19.3. The number of anilines is 2. The molecule has 1 saturated heterocycles. The number of ether oxygens (including phenoxy) is 1. The second-order valence-corrected chi connectivity index (χ2v) is 9.02. The number of thioether (sulfide) groups is 1. The SMILES string of the molecule is COC(=O)C1=C(Nc2ccccc2NC(=O)C2CCN(C(=O)c3ccccc3)CC2)CSC1. The van der Waals surface area contributed by atoms with Crippen molar-refractivity contribution in [2.24, 2.45) is 5.92 Å². The lowest BCUT2D eigenvalue weighted by Gasteiger charge is -2.31. The number of esters is 1. The summed E-state index contributed by atoms with van der Waals surface area (Å²) in [6.07, 6.45) is 1.24. The number of piperidine rings is 1. The zero-order chi connectivity index (χ0) is 23.2. The van der Waals surface area contributed by atoms with Crippen molar-refractivity contribution in [1.29, 1.82) is 0 Å². The fourth-order valence-electron chi connectivity index (χ4n) is 4.05. The number of hydrogen-bond donors (Lipinski definition) is 2. The van der Waals surface area contributed by atoms with Crippen molar-refractivity contribution in [2.45, 2.75) is 12.8 Å². The number of para-hydroxylation sites is 2. The van der Waals surface area contributed by atoms with Crippen LogP contribution >= 0.6 is 11.8 Å². The Kier molecular flexibility index (Phi) is 7.34. The molecule has 2 aliphatic rings. The Morgan fingerprint density at radius 2 is 1.61 bits per heavy atom. The van der Waals surface area contributed by atoms with E-state index in [1.54, 1.807) is 11.8 Å². The number of nitrogens with one attached hydrogen (secondary N) is 2. The molecule has 1 fully saturated rings. The van der Waals surface area contributed by atoms with Gasteiger partial charge in [-0.05, 0) is 37.1 Å². The van der Waals surface area contributed by atoms with E-state index in [4.69, 9.17) is 4.74 Å². The molecule has 4 rings (SSSR count). The van der Waals surface area contributed by atoms with Gasteiger partial charge in [-0.15, -0.1) is 0 Å². The lowest BCUT2D eigenvalue weighted by Crippen LogP contribution is -2.41. The van der Waals surface area contributed by atoms with Crippen LogP contribution in [0.1, 0.15) is 23.2 Å². The first kappa shape index (κ1) is 22.9. The number of benzene rings is 2. The number of carbonyl (C=O) groups is 3. The van der Waals surface area contributed by atoms with E-state index in [1.165, 1.54) is 7.11 Å². The Morgan fingerprint density at radius 1 is 0.939 bits per heavy atom. The van der Waals surface area contributed by atoms with Gasteiger partial charge in [0.2, 0.25) is 5.91 Å². The molecular weight excluding hydrogens is 438 g/mol. The second kappa shape index (κ2) is 10.6. The first-order valence-corrected chi connectivity index (χ1v) is 12.1. The van der Waals surface area contributed by atoms with Gasteiger partial charge in [0.05, 0.1) is 24.1 Å². The van der Waals surface area contributed by atoms with E-state index < -0.39 is 0 Å². The molecule has 7 nitrogen and oxygen atoms in total. The van der Waals surface area contributed by atoms with Gasteiger partial charge in [-0.1, -0.05) is 30.3 Å². The third-order valence-corrected chi connectivity index (χ3v) is 6.92. The van der Waals surface area contributed by atoms with Crippen LogP contribution in [0.5, 0.6) is 0 Å². The number of nitrogens with zero attached hydrogens (tertiary/aromatic N) is 1. The largest absolute Gasteiger partial charge is 0.466 e. The van der Waals surface area contributed by atoms with Crippen LogP contribution in [0, 0.1) is 5.92 Å². The maximum absolute atomic E-state index is 13.0. The molecule has 0 aromatic heterocycles. The summed E-state index contributed by atoms with van der Waals surface area (Å²) >= 11 is 1.64. The molecule has 0 aliphatic carbocycles. The molecule has 33 heavy (non-hydrogen) atoms. The number of amides is 2. The minimum atomic E-state index is -0.333. The third-order valence-electron chi connectivity index (χ3n) is 5.93. The number of rotatable bonds is 6. The minimum absolute atomic E-state index is 0.00752. The number of likely N-dealkylation sites (tertiary alicyclic amines) is 1. The molecule has 8 heteroatoms. The van der Waals surface area contributed by atoms with Crippen LogP contribution in [0.25, 0.3) is 0 Å². The summed E-state index contributed by atoms with van der Waals surface area (Å²) in [4.78, 5) is 39.5. The molecule has 0 radical (unpaired) electrons. The van der Waals surface area contributed by atoms with Gasteiger partial charge in [-0.3, -0.25) is 9.59 Å². The molecule has 2 aliphatic heterocycles. The molecule has 2 aromatic carbocycles. The van der Waals surface area contributed by atoms with Crippen LogP contribution in [0.2, 0.25) is 0 Å². The first-order valence-electron chi connectivity index (χ1n) is 11.0. The maximum Gasteiger partial charge on any atom is 0.336 e. The summed E-state index contributed by atoms with van der Waals surface area (Å²) in [6, 6.07) is 16.7. The van der Waals surface area contributed by atoms with Crippen molar-refractivity contribution in [1.82, 2.24) is 4.90 Å². The summed E-state index contributed by atoms with van der Waals surface area (Å²) < 4.78 is 4.88. The third kappa shape index (κ3) is 5.39. The lowest BCUT2D eigenvalue weighted by molar-refractivity contribution is -0.136. The predicted molar refractivity (Wildman–Crippen MR) is 130 cm³/mol. The minimum Gasteiger partial charge on any atom is -0.466 e. The van der Waals surface area contributed by atoms with Gasteiger partial charge in [-0.25, -0.2) is 4.79 Å². The van der Waals surface area contributed by atoms with Gasteiger partial charge >= 0.3 is 5.97 Å². The molecule has 2 N–H and O–H groups in total. The number of hydrogen-bond acceptors (Lipinski definition) is 6. The van der Waals surface area contributed by atoms with Crippen LogP contribution in [-0.2, 0) is 14.3 Å². The van der Waals surface area contributed by atoms with Gasteiger partial charge in [0.15, 0.2) is 0 Å². The van der Waals surface area contributed by atoms with Crippen molar-refractivity contribution >= 4 is 40.9 Å². The molecule has 2 heterocycles. The molecular formula is C25H27N3O4S. The quantitative estimate of drug-likeness (QED) is 0.632. The van der Waals surface area contributed by atoms with Gasteiger partial charge in [0.25, 0.3) is 5.91 Å². The highest BCUT2D eigenvalue weighted by Gasteiger charge is 2.28. The van der Waals surface area contributed by atoms with Gasteiger partial charge < -0.3 is 20.3 Å². The maximum atomic E-state index is 13.0. The van der Waals surface area contributed by atoms with Gasteiger partial charge in [0, 0.05) is 41.8 Å². The molecule has 0 atom stereocenters. The van der Waals surface area contributed by atoms with Crippen LogP contribution in [0.3, 0.4) is 0 Å². The van der Waals surface area contributed by atoms with Gasteiger partial charge in [-0.2, -0.15) is 11.8 Å². The Labute approximate surface area is 197 Å². The first-order chi connectivity index (χ1) is 16.1. The Morgan fingerprint density at radius 3 is 2.30 bits per heavy atom. The molecule has 0 spiro atoms. The summed E-state index contributed by atoms with van der Waals surface area (Å²) in [5.74, 6) is 0.738. The molecule has 2 aromatic rings. The summed E-state index contributed by atoms with van der Waals surface area (Å²) in [7, 11) is 1.38. The lowest BCUT2D eigenvalue weighted by atomic mass is 9.95. The van der Waals surface area contributed by atoms with Gasteiger partial charge in [0.1, 0.15) is 0 Å². The van der Waals surface area contributed by atoms with E-state index in [1.807, 2.05) is 59.5 Å². The van der Waals surface area contributed by atoms with Crippen LogP contribution in [-0.4, -0.2) is 54.4 Å². The highest BCUT2D eigenvalue weighted by Crippen LogP contribution is 2.31. The zero-order valence-electron chi connectivity index (χ0n) is 18.5. The Hall–Kier alpha value is -3.26. The molecule has 2 amide bonds. The van der Waals surface area contributed by atoms with Crippen LogP contribution in [0.15, 0.2) is 65.9 Å². The van der Waals surface area contributed by atoms with Crippen LogP contribution < -0.4 is 10.6 Å². The van der Waals surface area contributed by atoms with Crippen molar-refractivity contribution in [3.8, 4) is 0 Å². The topological polar surface area (TPSA) is 87.7 Å². The van der Waals surface area contributed by atoms with E-state index in [2.05, 4.69) is 10.6 Å². The Bertz CT molecular complexity index is 1060. The molecule has 0 saturated carbocycles. The molecule has 0 bridgehead atoms. The van der Waals surface area contributed by atoms with E-state index in [0.717, 1.165) is 11.4 Å². The highest BCUT2D eigenvalue weighted by atomic mass is 32.2. The van der Waals surface area contributed by atoms with Crippen molar-refractivity contribution in [2.75, 3.05) is 42.3 Å². The smallest absolute Gasteiger partial charge is 0.336 e. The van der Waals surface area contributed by atoms with E-state index in [0.29, 0.717) is 54.3 Å². The standard InChI is InChI=1S/C25H27N3O4S/c1-32-25(31)19-15-33-16-22(19)26-20-9-5-6-10-21(20)27-23(29)17-11-13-28(14-12-17)24(30)18-7-3-2-4-8-18/h2-10,17,26H,11-16H2,1H3,(H,27,29). The van der Waals surface area contributed by atoms with E-state index in [-0.39, 0.29) is 23.7 Å². The predicted octanol–water partition coefficient (Wildman–Crippen LogP) is 3.76. The highest BCUT2D eigenvalue weighted by molar-refractivity contribution is 8.00. The van der Waals surface area contributed by atoms with Crippen molar-refractivity contribution < 1.29 is 19.1 Å². The Balaban J connectivity index is 1.38. The van der Waals surface area contributed by atoms with Crippen molar-refractivity contribution in [3.05, 3.63) is 71.4 Å². The molecule has 172 valence electrons. The number of methoxy groups -OCH3 is 1. The van der Waals surface area contributed by atoms with Crippen LogP contribution in [0.4, 0.5) is 11.4 Å². The molecule has 0 unspecified atom stereocenters. The number of carbonyl (C=O) groups excluding carboxylic acids is 3.